The second kappa shape index (κ2) is 8.47. The van der Waals surface area contributed by atoms with Gasteiger partial charge in [-0.05, 0) is 48.4 Å². The molecule has 0 spiro atoms. The molecule has 0 saturated heterocycles. The average molecular weight is 380 g/mol. The molecule has 6 heteroatoms. The number of anilines is 2. The molecule has 136 valence electrons. The van der Waals surface area contributed by atoms with E-state index in [0.717, 1.165) is 17.7 Å². The number of aryl methyl sites for hydroxylation is 1. The standard InChI is InChI=1S/C21H18ClN3O2/c1-2-14-5-3-4-6-19(14)25-21(27)16-11-15(12-23-13-16)20(26)24-18-9-7-17(22)8-10-18/h3-13H,2H2,1H3,(H,24,26)(H,25,27). The summed E-state index contributed by atoms with van der Waals surface area (Å²) >= 11 is 5.84. The van der Waals surface area contributed by atoms with Crippen LogP contribution in [0.15, 0.2) is 67.0 Å². The lowest BCUT2D eigenvalue weighted by Crippen LogP contribution is -2.16. The highest BCUT2D eigenvalue weighted by Gasteiger charge is 2.13. The molecule has 1 heterocycles. The van der Waals surface area contributed by atoms with Gasteiger partial charge in [-0.2, -0.15) is 0 Å². The third kappa shape index (κ3) is 4.71. The summed E-state index contributed by atoms with van der Waals surface area (Å²) in [5, 5.41) is 6.21. The zero-order chi connectivity index (χ0) is 19.2. The molecule has 0 saturated carbocycles. The lowest BCUT2D eigenvalue weighted by molar-refractivity contribution is 0.102. The summed E-state index contributed by atoms with van der Waals surface area (Å²) in [5.74, 6) is -0.669. The molecule has 0 aliphatic carbocycles. The molecule has 27 heavy (non-hydrogen) atoms. The van der Waals surface area contributed by atoms with E-state index in [2.05, 4.69) is 15.6 Å². The van der Waals surface area contributed by atoms with Crippen molar-refractivity contribution in [2.75, 3.05) is 10.6 Å². The number of hydrogen-bond acceptors (Lipinski definition) is 3. The molecule has 0 radical (unpaired) electrons. The summed E-state index contributed by atoms with van der Waals surface area (Å²) in [6.07, 6.45) is 3.66. The fourth-order valence-electron chi connectivity index (χ4n) is 2.57. The Morgan fingerprint density at radius 1 is 0.926 bits per heavy atom. The zero-order valence-electron chi connectivity index (χ0n) is 14.7. The van der Waals surface area contributed by atoms with E-state index < -0.39 is 0 Å². The van der Waals surface area contributed by atoms with Crippen LogP contribution >= 0.6 is 11.6 Å². The summed E-state index contributed by atoms with van der Waals surface area (Å²) in [6, 6.07) is 15.9. The van der Waals surface area contributed by atoms with Crippen molar-refractivity contribution in [3.05, 3.63) is 88.7 Å². The summed E-state index contributed by atoms with van der Waals surface area (Å²) in [4.78, 5) is 29.0. The van der Waals surface area contributed by atoms with Crippen LogP contribution in [0.3, 0.4) is 0 Å². The van der Waals surface area contributed by atoms with E-state index in [1.54, 1.807) is 24.3 Å². The van der Waals surface area contributed by atoms with E-state index in [0.29, 0.717) is 21.8 Å². The molecular formula is C21H18ClN3O2. The normalized spacial score (nSPS) is 10.3. The van der Waals surface area contributed by atoms with Crippen LogP contribution in [-0.4, -0.2) is 16.8 Å². The van der Waals surface area contributed by atoms with E-state index in [1.807, 2.05) is 31.2 Å². The first kappa shape index (κ1) is 18.6. The molecular weight excluding hydrogens is 362 g/mol. The quantitative estimate of drug-likeness (QED) is 0.668. The van der Waals surface area contributed by atoms with Crippen LogP contribution in [0.5, 0.6) is 0 Å². The minimum atomic E-state index is -0.353. The SMILES string of the molecule is CCc1ccccc1NC(=O)c1cncc(C(=O)Nc2ccc(Cl)cc2)c1. The number of benzene rings is 2. The van der Waals surface area contributed by atoms with E-state index in [9.17, 15) is 9.59 Å². The molecule has 5 nitrogen and oxygen atoms in total. The van der Waals surface area contributed by atoms with Crippen LogP contribution in [0.25, 0.3) is 0 Å². The van der Waals surface area contributed by atoms with Crippen molar-refractivity contribution in [3.8, 4) is 0 Å². The van der Waals surface area contributed by atoms with Crippen molar-refractivity contribution in [2.24, 2.45) is 0 Å². The third-order valence-electron chi connectivity index (χ3n) is 4.01. The molecule has 0 fully saturated rings. The minimum absolute atomic E-state index is 0.293. The molecule has 0 unspecified atom stereocenters. The number of amides is 2. The van der Waals surface area contributed by atoms with Crippen LogP contribution < -0.4 is 10.6 Å². The maximum Gasteiger partial charge on any atom is 0.257 e. The molecule has 2 aromatic carbocycles. The van der Waals surface area contributed by atoms with E-state index in [4.69, 9.17) is 11.6 Å². The van der Waals surface area contributed by atoms with Gasteiger partial charge in [0.15, 0.2) is 0 Å². The highest BCUT2D eigenvalue weighted by molar-refractivity contribution is 6.30. The van der Waals surface area contributed by atoms with Gasteiger partial charge in [-0.1, -0.05) is 36.7 Å². The Bertz CT molecular complexity index is 971. The van der Waals surface area contributed by atoms with Crippen LogP contribution in [0, 0.1) is 0 Å². The van der Waals surface area contributed by atoms with Crippen molar-refractivity contribution in [3.63, 3.8) is 0 Å². The van der Waals surface area contributed by atoms with Gasteiger partial charge in [-0.3, -0.25) is 14.6 Å². The molecule has 0 bridgehead atoms. The Morgan fingerprint density at radius 2 is 1.56 bits per heavy atom. The molecule has 2 amide bonds. The van der Waals surface area contributed by atoms with E-state index in [1.165, 1.54) is 18.5 Å². The summed E-state index contributed by atoms with van der Waals surface area (Å²) in [5.41, 5.74) is 3.00. The van der Waals surface area contributed by atoms with Crippen LogP contribution in [-0.2, 0) is 6.42 Å². The van der Waals surface area contributed by atoms with Gasteiger partial charge in [0.05, 0.1) is 11.1 Å². The van der Waals surface area contributed by atoms with Crippen LogP contribution in [0.2, 0.25) is 5.02 Å². The average Bonchev–Trinajstić information content (AvgIpc) is 2.70. The van der Waals surface area contributed by atoms with Gasteiger partial charge in [-0.15, -0.1) is 0 Å². The predicted molar refractivity (Wildman–Crippen MR) is 107 cm³/mol. The smallest absolute Gasteiger partial charge is 0.257 e. The Labute approximate surface area is 162 Å². The van der Waals surface area contributed by atoms with Crippen molar-refractivity contribution < 1.29 is 9.59 Å². The largest absolute Gasteiger partial charge is 0.322 e. The molecule has 0 aliphatic heterocycles. The lowest BCUT2D eigenvalue weighted by atomic mass is 10.1. The van der Waals surface area contributed by atoms with Gasteiger partial charge in [0.1, 0.15) is 0 Å². The van der Waals surface area contributed by atoms with Crippen molar-refractivity contribution in [1.29, 1.82) is 0 Å². The summed E-state index contributed by atoms with van der Waals surface area (Å²) < 4.78 is 0. The molecule has 0 atom stereocenters. The maximum absolute atomic E-state index is 12.6. The highest BCUT2D eigenvalue weighted by atomic mass is 35.5. The number of nitrogens with one attached hydrogen (secondary N) is 2. The molecule has 3 rings (SSSR count). The number of hydrogen-bond donors (Lipinski definition) is 2. The Hall–Kier alpha value is -3.18. The fourth-order valence-corrected chi connectivity index (χ4v) is 2.70. The number of aromatic nitrogens is 1. The van der Waals surface area contributed by atoms with Crippen molar-refractivity contribution in [1.82, 2.24) is 4.98 Å². The molecule has 1 aromatic heterocycles. The van der Waals surface area contributed by atoms with Gasteiger partial charge in [0.2, 0.25) is 0 Å². The van der Waals surface area contributed by atoms with E-state index >= 15 is 0 Å². The monoisotopic (exact) mass is 379 g/mol. The van der Waals surface area contributed by atoms with Crippen LogP contribution in [0.4, 0.5) is 11.4 Å². The van der Waals surface area contributed by atoms with Gasteiger partial charge in [-0.25, -0.2) is 0 Å². The second-order valence-electron chi connectivity index (χ2n) is 5.89. The van der Waals surface area contributed by atoms with Crippen molar-refractivity contribution >= 4 is 34.8 Å². The summed E-state index contributed by atoms with van der Waals surface area (Å²) in [6.45, 7) is 2.02. The van der Waals surface area contributed by atoms with Crippen molar-refractivity contribution in [2.45, 2.75) is 13.3 Å². The highest BCUT2D eigenvalue weighted by Crippen LogP contribution is 2.18. The lowest BCUT2D eigenvalue weighted by Gasteiger charge is -2.10. The third-order valence-corrected chi connectivity index (χ3v) is 4.26. The first-order valence-electron chi connectivity index (χ1n) is 8.48. The fraction of sp³-hybridized carbons (Fsp3) is 0.0952. The van der Waals surface area contributed by atoms with Gasteiger partial charge >= 0.3 is 0 Å². The van der Waals surface area contributed by atoms with Crippen LogP contribution in [0.1, 0.15) is 33.2 Å². The Kier molecular flexibility index (Phi) is 5.84. The Balaban J connectivity index is 1.75. The zero-order valence-corrected chi connectivity index (χ0v) is 15.5. The molecule has 3 aromatic rings. The number of halogens is 1. The van der Waals surface area contributed by atoms with Gasteiger partial charge in [0.25, 0.3) is 11.8 Å². The predicted octanol–water partition coefficient (Wildman–Crippen LogP) is 4.80. The van der Waals surface area contributed by atoms with Gasteiger partial charge < -0.3 is 10.6 Å². The second-order valence-corrected chi connectivity index (χ2v) is 6.32. The first-order chi connectivity index (χ1) is 13.1. The summed E-state index contributed by atoms with van der Waals surface area (Å²) in [7, 11) is 0. The number of rotatable bonds is 5. The number of nitrogens with zero attached hydrogens (tertiary/aromatic N) is 1. The minimum Gasteiger partial charge on any atom is -0.322 e. The maximum atomic E-state index is 12.6. The number of para-hydroxylation sites is 1. The van der Waals surface area contributed by atoms with Gasteiger partial charge in [0, 0.05) is 28.8 Å². The molecule has 2 N–H and O–H groups in total. The van der Waals surface area contributed by atoms with E-state index in [-0.39, 0.29) is 11.8 Å². The first-order valence-corrected chi connectivity index (χ1v) is 8.86. The topological polar surface area (TPSA) is 71.1 Å². The Morgan fingerprint density at radius 3 is 2.22 bits per heavy atom. The number of carbonyl (C=O) groups excluding carboxylic acids is 2. The number of carbonyl (C=O) groups is 2. The number of pyridine rings is 1. The molecule has 0 aliphatic rings.